The summed E-state index contributed by atoms with van der Waals surface area (Å²) in [7, 11) is 0. The van der Waals surface area contributed by atoms with Gasteiger partial charge in [0, 0.05) is 12.0 Å². The molecule has 1 aromatic carbocycles. The standard InChI is InChI=1S/C14H15N3O/c15-9-10-4-3-5-11-13(10)16-12(18)8-14(17-11)6-1-2-7-14/h3-5,17H,1-2,6-8H2,(H,16,18). The van der Waals surface area contributed by atoms with E-state index >= 15 is 0 Å². The Morgan fingerprint density at radius 3 is 2.78 bits per heavy atom. The topological polar surface area (TPSA) is 64.9 Å². The zero-order valence-corrected chi connectivity index (χ0v) is 10.1. The molecule has 0 unspecified atom stereocenters. The molecule has 0 bridgehead atoms. The number of hydrogen-bond donors (Lipinski definition) is 2. The van der Waals surface area contributed by atoms with Crippen molar-refractivity contribution in [3.05, 3.63) is 23.8 Å². The van der Waals surface area contributed by atoms with Gasteiger partial charge >= 0.3 is 0 Å². The average molecular weight is 241 g/mol. The second kappa shape index (κ2) is 4.02. The molecule has 2 aliphatic rings. The number of amides is 1. The Morgan fingerprint density at radius 2 is 2.06 bits per heavy atom. The highest BCUT2D eigenvalue weighted by Crippen LogP contribution is 2.40. The normalized spacial score (nSPS) is 20.5. The minimum atomic E-state index is -0.108. The van der Waals surface area contributed by atoms with E-state index in [1.54, 1.807) is 6.07 Å². The van der Waals surface area contributed by atoms with Crippen LogP contribution in [0.15, 0.2) is 18.2 Å². The number of rotatable bonds is 0. The van der Waals surface area contributed by atoms with Crippen molar-refractivity contribution in [1.29, 1.82) is 5.26 Å². The largest absolute Gasteiger partial charge is 0.377 e. The predicted molar refractivity (Wildman–Crippen MR) is 69.2 cm³/mol. The zero-order chi connectivity index (χ0) is 12.6. The van der Waals surface area contributed by atoms with Gasteiger partial charge in [0.15, 0.2) is 0 Å². The molecule has 1 aliphatic heterocycles. The van der Waals surface area contributed by atoms with E-state index in [1.807, 2.05) is 12.1 Å². The molecule has 0 atom stereocenters. The Hall–Kier alpha value is -2.02. The van der Waals surface area contributed by atoms with E-state index in [1.165, 1.54) is 0 Å². The molecule has 3 rings (SSSR count). The van der Waals surface area contributed by atoms with Crippen molar-refractivity contribution >= 4 is 17.3 Å². The van der Waals surface area contributed by atoms with Crippen LogP contribution in [0.4, 0.5) is 11.4 Å². The third-order valence-corrected chi connectivity index (χ3v) is 3.91. The molecular weight excluding hydrogens is 226 g/mol. The number of para-hydroxylation sites is 1. The summed E-state index contributed by atoms with van der Waals surface area (Å²) >= 11 is 0. The minimum absolute atomic E-state index is 0.00542. The van der Waals surface area contributed by atoms with Gasteiger partial charge in [-0.25, -0.2) is 0 Å². The number of anilines is 2. The molecule has 4 heteroatoms. The third kappa shape index (κ3) is 1.72. The van der Waals surface area contributed by atoms with Gasteiger partial charge in [-0.1, -0.05) is 18.9 Å². The lowest BCUT2D eigenvalue weighted by Crippen LogP contribution is -2.36. The molecule has 18 heavy (non-hydrogen) atoms. The summed E-state index contributed by atoms with van der Waals surface area (Å²) in [4.78, 5) is 12.0. The first-order chi connectivity index (χ1) is 8.72. The van der Waals surface area contributed by atoms with Gasteiger partial charge in [-0.2, -0.15) is 5.26 Å². The molecule has 1 aromatic rings. The summed E-state index contributed by atoms with van der Waals surface area (Å²) in [6, 6.07) is 7.64. The molecule has 4 nitrogen and oxygen atoms in total. The van der Waals surface area contributed by atoms with Gasteiger partial charge in [0.05, 0.1) is 16.9 Å². The highest BCUT2D eigenvalue weighted by atomic mass is 16.1. The average Bonchev–Trinajstić information content (AvgIpc) is 2.72. The van der Waals surface area contributed by atoms with Gasteiger partial charge in [0.25, 0.3) is 0 Å². The molecule has 1 fully saturated rings. The second-order valence-electron chi connectivity index (χ2n) is 5.18. The molecule has 2 N–H and O–H groups in total. The lowest BCUT2D eigenvalue weighted by atomic mass is 9.93. The van der Waals surface area contributed by atoms with Crippen LogP contribution in [-0.2, 0) is 4.79 Å². The smallest absolute Gasteiger partial charge is 0.226 e. The van der Waals surface area contributed by atoms with Gasteiger partial charge in [0.1, 0.15) is 6.07 Å². The Morgan fingerprint density at radius 1 is 1.28 bits per heavy atom. The lowest BCUT2D eigenvalue weighted by molar-refractivity contribution is -0.117. The Balaban J connectivity index is 2.07. The summed E-state index contributed by atoms with van der Waals surface area (Å²) < 4.78 is 0. The van der Waals surface area contributed by atoms with Crippen molar-refractivity contribution in [1.82, 2.24) is 0 Å². The molecule has 1 heterocycles. The van der Waals surface area contributed by atoms with E-state index in [0.29, 0.717) is 17.7 Å². The minimum Gasteiger partial charge on any atom is -0.377 e. The van der Waals surface area contributed by atoms with Gasteiger partial charge < -0.3 is 10.6 Å². The van der Waals surface area contributed by atoms with Gasteiger partial charge in [0.2, 0.25) is 5.91 Å². The van der Waals surface area contributed by atoms with Crippen molar-refractivity contribution in [3.8, 4) is 6.07 Å². The fourth-order valence-electron chi connectivity index (χ4n) is 3.06. The van der Waals surface area contributed by atoms with Crippen LogP contribution >= 0.6 is 0 Å². The van der Waals surface area contributed by atoms with E-state index in [-0.39, 0.29) is 11.4 Å². The van der Waals surface area contributed by atoms with Crippen LogP contribution < -0.4 is 10.6 Å². The molecule has 1 aliphatic carbocycles. The summed E-state index contributed by atoms with van der Waals surface area (Å²) in [5, 5.41) is 15.5. The molecule has 92 valence electrons. The van der Waals surface area contributed by atoms with Gasteiger partial charge in [-0.3, -0.25) is 4.79 Å². The van der Waals surface area contributed by atoms with E-state index in [9.17, 15) is 4.79 Å². The van der Waals surface area contributed by atoms with E-state index in [2.05, 4.69) is 16.7 Å². The number of nitriles is 1. The van der Waals surface area contributed by atoms with Crippen LogP contribution in [0, 0.1) is 11.3 Å². The maximum absolute atomic E-state index is 12.0. The zero-order valence-electron chi connectivity index (χ0n) is 10.1. The van der Waals surface area contributed by atoms with Crippen molar-refractivity contribution in [2.45, 2.75) is 37.6 Å². The van der Waals surface area contributed by atoms with Crippen molar-refractivity contribution in [2.24, 2.45) is 0 Å². The number of carbonyl (C=O) groups excluding carboxylic acids is 1. The Labute approximate surface area is 106 Å². The van der Waals surface area contributed by atoms with Crippen LogP contribution in [0.5, 0.6) is 0 Å². The first-order valence-electron chi connectivity index (χ1n) is 6.34. The molecule has 0 radical (unpaired) electrons. The van der Waals surface area contributed by atoms with Crippen LogP contribution in [0.3, 0.4) is 0 Å². The molecule has 1 amide bonds. The molecular formula is C14H15N3O. The van der Waals surface area contributed by atoms with Gasteiger partial charge in [-0.15, -0.1) is 0 Å². The van der Waals surface area contributed by atoms with Crippen LogP contribution in [0.25, 0.3) is 0 Å². The van der Waals surface area contributed by atoms with Crippen molar-refractivity contribution in [3.63, 3.8) is 0 Å². The van der Waals surface area contributed by atoms with E-state index in [0.717, 1.165) is 31.4 Å². The summed E-state index contributed by atoms with van der Waals surface area (Å²) in [5.74, 6) is 0.00542. The van der Waals surface area contributed by atoms with Crippen LogP contribution in [0.2, 0.25) is 0 Å². The highest BCUT2D eigenvalue weighted by Gasteiger charge is 2.38. The number of nitrogens with zero attached hydrogens (tertiary/aromatic N) is 1. The molecule has 0 aromatic heterocycles. The van der Waals surface area contributed by atoms with Gasteiger partial charge in [-0.05, 0) is 25.0 Å². The number of fused-ring (bicyclic) bond motifs is 1. The SMILES string of the molecule is N#Cc1cccc2c1NC(=O)CC1(CCCC1)N2. The number of benzene rings is 1. The molecule has 0 saturated heterocycles. The molecule has 1 saturated carbocycles. The maximum Gasteiger partial charge on any atom is 0.226 e. The number of carbonyl (C=O) groups is 1. The second-order valence-corrected chi connectivity index (χ2v) is 5.18. The Bertz CT molecular complexity index is 538. The summed E-state index contributed by atoms with van der Waals surface area (Å²) in [5.41, 5.74) is 1.92. The number of hydrogen-bond acceptors (Lipinski definition) is 3. The first-order valence-corrected chi connectivity index (χ1v) is 6.34. The van der Waals surface area contributed by atoms with E-state index in [4.69, 9.17) is 5.26 Å². The number of nitrogens with one attached hydrogen (secondary N) is 2. The molecule has 1 spiro atoms. The Kier molecular flexibility index (Phi) is 2.48. The van der Waals surface area contributed by atoms with E-state index < -0.39 is 0 Å². The summed E-state index contributed by atoms with van der Waals surface area (Å²) in [6.45, 7) is 0. The van der Waals surface area contributed by atoms with Crippen LogP contribution in [0.1, 0.15) is 37.7 Å². The third-order valence-electron chi connectivity index (χ3n) is 3.91. The van der Waals surface area contributed by atoms with Crippen LogP contribution in [-0.4, -0.2) is 11.4 Å². The quantitative estimate of drug-likeness (QED) is 0.733. The predicted octanol–water partition coefficient (Wildman–Crippen LogP) is 2.63. The fraction of sp³-hybridized carbons (Fsp3) is 0.429. The van der Waals surface area contributed by atoms with Crippen molar-refractivity contribution in [2.75, 3.05) is 10.6 Å². The fourth-order valence-corrected chi connectivity index (χ4v) is 3.06. The first kappa shape index (κ1) is 11.1. The lowest BCUT2D eigenvalue weighted by Gasteiger charge is -2.28. The maximum atomic E-state index is 12.0. The summed E-state index contributed by atoms with van der Waals surface area (Å²) in [6.07, 6.45) is 4.86. The monoisotopic (exact) mass is 241 g/mol. The van der Waals surface area contributed by atoms with Crippen molar-refractivity contribution < 1.29 is 4.79 Å². The highest BCUT2D eigenvalue weighted by molar-refractivity contribution is 5.98.